The number of unbranched alkanes of at least 4 members (excludes halogenated alkanes) is 2. The lowest BCUT2D eigenvalue weighted by molar-refractivity contribution is -0.256. The summed E-state index contributed by atoms with van der Waals surface area (Å²) in [5, 5.41) is 24.4. The number of ether oxygens (including phenoxy) is 6. The van der Waals surface area contributed by atoms with E-state index in [1.165, 1.54) is 0 Å². The summed E-state index contributed by atoms with van der Waals surface area (Å²) in [6.07, 6.45) is 10.2. The van der Waals surface area contributed by atoms with Crippen LogP contribution < -0.4 is 18.9 Å². The molecule has 0 aromatic heterocycles. The van der Waals surface area contributed by atoms with Crippen molar-refractivity contribution in [2.45, 2.75) is 83.1 Å². The zero-order valence-corrected chi connectivity index (χ0v) is 32.2. The predicted octanol–water partition coefficient (Wildman–Crippen LogP) is 7.29. The summed E-state index contributed by atoms with van der Waals surface area (Å²) in [6, 6.07) is 10.8. The summed E-state index contributed by atoms with van der Waals surface area (Å²) in [5.74, 6) is 0.731. The van der Waals surface area contributed by atoms with Gasteiger partial charge in [0.15, 0.2) is 11.5 Å². The van der Waals surface area contributed by atoms with Gasteiger partial charge in [-0.05, 0) is 92.8 Å². The van der Waals surface area contributed by atoms with Crippen LogP contribution in [0.15, 0.2) is 78.5 Å². The Balaban J connectivity index is 1.58. The monoisotopic (exact) mass is 760 g/mol. The highest BCUT2D eigenvalue weighted by Gasteiger charge is 2.65. The zero-order valence-electron chi connectivity index (χ0n) is 32.2. The third-order valence-corrected chi connectivity index (χ3v) is 11.0. The predicted molar refractivity (Wildman–Crippen MR) is 207 cm³/mol. The molecule has 0 radical (unpaired) electrons. The minimum atomic E-state index is -1.42. The van der Waals surface area contributed by atoms with Gasteiger partial charge in [0.25, 0.3) is 0 Å². The molecule has 1 amide bonds. The average molecular weight is 761 g/mol. The van der Waals surface area contributed by atoms with Crippen LogP contribution in [0, 0.1) is 17.8 Å². The second-order valence-electron chi connectivity index (χ2n) is 14.3. The van der Waals surface area contributed by atoms with Gasteiger partial charge in [-0.3, -0.25) is 4.90 Å². The molecule has 12 heteroatoms. The molecule has 4 aliphatic rings. The number of rotatable bonds is 20. The van der Waals surface area contributed by atoms with Gasteiger partial charge in [-0.25, -0.2) is 4.79 Å². The number of aliphatic hydroxyl groups is 2. The van der Waals surface area contributed by atoms with Crippen LogP contribution in [0.25, 0.3) is 0 Å². The fraction of sp³-hybridized carbons (Fsp3) is 0.535. The first kappa shape index (κ1) is 40.2. The Morgan fingerprint density at radius 1 is 0.964 bits per heavy atom. The van der Waals surface area contributed by atoms with Crippen molar-refractivity contribution in [1.29, 1.82) is 0 Å². The highest BCUT2D eigenvalue weighted by molar-refractivity contribution is 6.03. The van der Waals surface area contributed by atoms with E-state index in [0.717, 1.165) is 42.4 Å². The normalized spacial score (nSPS) is 25.2. The fourth-order valence-electron chi connectivity index (χ4n) is 8.78. The molecule has 1 fully saturated rings. The molecule has 2 aliphatic carbocycles. The summed E-state index contributed by atoms with van der Waals surface area (Å²) in [7, 11) is 0. The molecule has 1 saturated carbocycles. The molecule has 298 valence electrons. The molecule has 0 spiro atoms. The summed E-state index contributed by atoms with van der Waals surface area (Å²) in [6.45, 7) is 13.1. The van der Waals surface area contributed by atoms with E-state index in [4.69, 9.17) is 38.4 Å². The quantitative estimate of drug-likeness (QED) is 0.0804. The van der Waals surface area contributed by atoms with Gasteiger partial charge in [0.05, 0.1) is 24.8 Å². The topological polar surface area (TPSA) is 138 Å². The molecular weight excluding hydrogens is 704 g/mol. The maximum atomic E-state index is 14.3. The number of hydrogen-bond donors (Lipinski definition) is 2. The standard InChI is InChI=1S/C43H56N2O10/c1-5-21-50-31-16-18-36-34(25-31)40-32(14-10-12-20-47)30(13-9-11-19-46)24-33-35(44-54-8-4)26-39(43(55-36,41(33)40)53-22-6-2)45(42(48)49-7-3)27-29-15-17-37-38(23-29)52-28-51-37/h5-6,15-18,23-25,30,32,39-41,46-47H,1-2,7-14,19-22,26-28H2,3-4H3/t30-,32+,39-,40+,41+,43+/m0/s1. The van der Waals surface area contributed by atoms with Crippen LogP contribution in [0.1, 0.15) is 75.8 Å². The Bertz CT molecular complexity index is 1710. The molecule has 2 heterocycles. The van der Waals surface area contributed by atoms with Gasteiger partial charge in [0, 0.05) is 37.7 Å². The van der Waals surface area contributed by atoms with Gasteiger partial charge in [0.2, 0.25) is 12.6 Å². The molecule has 0 unspecified atom stereocenters. The Hall–Kier alpha value is -4.52. The van der Waals surface area contributed by atoms with E-state index in [2.05, 4.69) is 25.3 Å². The van der Waals surface area contributed by atoms with Crippen molar-refractivity contribution in [3.8, 4) is 23.0 Å². The zero-order chi connectivity index (χ0) is 38.8. The van der Waals surface area contributed by atoms with E-state index in [1.807, 2.05) is 37.3 Å². The van der Waals surface area contributed by atoms with E-state index < -0.39 is 23.8 Å². The molecule has 2 N–H and O–H groups in total. The first-order valence-corrected chi connectivity index (χ1v) is 19.7. The average Bonchev–Trinajstić information content (AvgIpc) is 3.67. The van der Waals surface area contributed by atoms with Crippen molar-refractivity contribution in [2.75, 3.05) is 46.4 Å². The van der Waals surface area contributed by atoms with Crippen LogP contribution in [0.4, 0.5) is 4.79 Å². The maximum absolute atomic E-state index is 14.3. The second kappa shape index (κ2) is 18.9. The number of nitrogens with zero attached hydrogens (tertiary/aromatic N) is 2. The highest BCUT2D eigenvalue weighted by Crippen LogP contribution is 2.62. The van der Waals surface area contributed by atoms with Crippen molar-refractivity contribution in [3.63, 3.8) is 0 Å². The minimum absolute atomic E-state index is 0.0833. The Morgan fingerprint density at radius 2 is 1.73 bits per heavy atom. The highest BCUT2D eigenvalue weighted by atomic mass is 16.7. The number of benzene rings is 2. The number of carbonyl (C=O) groups is 1. The van der Waals surface area contributed by atoms with Crippen molar-refractivity contribution < 1.29 is 48.3 Å². The van der Waals surface area contributed by atoms with Crippen molar-refractivity contribution >= 4 is 11.8 Å². The summed E-state index contributed by atoms with van der Waals surface area (Å²) in [5.41, 5.74) is 3.46. The molecule has 2 aromatic rings. The Kier molecular flexibility index (Phi) is 13.8. The minimum Gasteiger partial charge on any atom is -0.490 e. The number of allylic oxidation sites excluding steroid dienone is 1. The third kappa shape index (κ3) is 8.51. The summed E-state index contributed by atoms with van der Waals surface area (Å²) < 4.78 is 37.5. The summed E-state index contributed by atoms with van der Waals surface area (Å²) >= 11 is 0. The SMILES string of the molecule is C=CCOc1ccc2c(c1)[C@H]1[C@H](CCCCO)[C@@H](CCCCO)C=C3C(=NOCC)C[C@H](N(Cc4ccc5c(c4)OCO5)C(=O)OCC)[C@@](OCC=C)(O2)[C@H]31. The molecule has 6 rings (SSSR count). The number of oxime groups is 1. The summed E-state index contributed by atoms with van der Waals surface area (Å²) in [4.78, 5) is 21.9. The van der Waals surface area contributed by atoms with Gasteiger partial charge in [0.1, 0.15) is 30.8 Å². The van der Waals surface area contributed by atoms with Gasteiger partial charge in [-0.15, -0.1) is 6.58 Å². The second-order valence-corrected chi connectivity index (χ2v) is 14.3. The van der Waals surface area contributed by atoms with Gasteiger partial charge in [-0.1, -0.05) is 48.9 Å². The molecule has 0 saturated heterocycles. The van der Waals surface area contributed by atoms with E-state index in [-0.39, 0.29) is 63.9 Å². The van der Waals surface area contributed by atoms with E-state index in [0.29, 0.717) is 54.8 Å². The van der Waals surface area contributed by atoms with Crippen LogP contribution in [0.5, 0.6) is 23.0 Å². The van der Waals surface area contributed by atoms with Crippen LogP contribution >= 0.6 is 0 Å². The van der Waals surface area contributed by atoms with E-state index in [9.17, 15) is 15.0 Å². The lowest BCUT2D eigenvalue weighted by Crippen LogP contribution is -2.70. The molecule has 12 nitrogen and oxygen atoms in total. The molecule has 2 aliphatic heterocycles. The first-order chi connectivity index (χ1) is 26.9. The van der Waals surface area contributed by atoms with Crippen LogP contribution in [0.2, 0.25) is 0 Å². The first-order valence-electron chi connectivity index (χ1n) is 19.7. The molecule has 55 heavy (non-hydrogen) atoms. The smallest absolute Gasteiger partial charge is 0.410 e. The maximum Gasteiger partial charge on any atom is 0.410 e. The number of carbonyl (C=O) groups excluding carboxylic acids is 1. The van der Waals surface area contributed by atoms with Crippen LogP contribution in [-0.2, 0) is 20.9 Å². The van der Waals surface area contributed by atoms with Gasteiger partial charge in [-0.2, -0.15) is 0 Å². The number of amides is 1. The molecule has 0 bridgehead atoms. The van der Waals surface area contributed by atoms with E-state index in [1.54, 1.807) is 24.0 Å². The van der Waals surface area contributed by atoms with Crippen molar-refractivity contribution in [2.24, 2.45) is 22.9 Å². The largest absolute Gasteiger partial charge is 0.490 e. The Morgan fingerprint density at radius 3 is 2.47 bits per heavy atom. The number of aliphatic hydroxyl groups excluding tert-OH is 2. The third-order valence-electron chi connectivity index (χ3n) is 11.0. The van der Waals surface area contributed by atoms with Crippen LogP contribution in [-0.4, -0.2) is 85.2 Å². The number of fused-ring (bicyclic) bond motifs is 3. The Labute approximate surface area is 324 Å². The van der Waals surface area contributed by atoms with Crippen molar-refractivity contribution in [3.05, 3.63) is 84.5 Å². The van der Waals surface area contributed by atoms with E-state index >= 15 is 0 Å². The lowest BCUT2D eigenvalue weighted by atomic mass is 9.55. The molecular formula is C43H56N2O10. The van der Waals surface area contributed by atoms with Gasteiger partial charge < -0.3 is 43.5 Å². The fourth-order valence-corrected chi connectivity index (χ4v) is 8.78. The van der Waals surface area contributed by atoms with Crippen molar-refractivity contribution in [1.82, 2.24) is 4.90 Å². The molecule has 2 aromatic carbocycles. The number of hydrogen-bond acceptors (Lipinski definition) is 11. The van der Waals surface area contributed by atoms with Crippen LogP contribution in [0.3, 0.4) is 0 Å². The lowest BCUT2D eigenvalue weighted by Gasteiger charge is -2.59. The molecule has 6 atom stereocenters. The van der Waals surface area contributed by atoms with Gasteiger partial charge >= 0.3 is 6.09 Å².